The first kappa shape index (κ1) is 16.8. The van der Waals surface area contributed by atoms with Crippen LogP contribution in [0.5, 0.6) is 0 Å². The second kappa shape index (κ2) is 6.97. The molecule has 1 nitrogen and oxygen atoms in total. The van der Waals surface area contributed by atoms with Crippen molar-refractivity contribution in [3.8, 4) is 0 Å². The van der Waals surface area contributed by atoms with E-state index in [1.807, 2.05) is 18.2 Å². The summed E-state index contributed by atoms with van der Waals surface area (Å²) >= 11 is 12.3. The lowest BCUT2D eigenvalue weighted by Gasteiger charge is -2.31. The highest BCUT2D eigenvalue weighted by Gasteiger charge is 2.25. The minimum Gasteiger partial charge on any atom is -0.310 e. The summed E-state index contributed by atoms with van der Waals surface area (Å²) in [5.74, 6) is 0.600. The fourth-order valence-electron chi connectivity index (χ4n) is 2.06. The molecule has 0 heterocycles. The Labute approximate surface area is 127 Å². The third-order valence-electron chi connectivity index (χ3n) is 3.86. The van der Waals surface area contributed by atoms with Crippen LogP contribution in [-0.2, 0) is 0 Å². The second-order valence-corrected chi connectivity index (χ2v) is 7.12. The molecule has 0 amide bonds. The van der Waals surface area contributed by atoms with E-state index >= 15 is 0 Å². The molecule has 19 heavy (non-hydrogen) atoms. The zero-order valence-corrected chi connectivity index (χ0v) is 14.1. The zero-order chi connectivity index (χ0) is 14.6. The largest absolute Gasteiger partial charge is 0.310 e. The minimum atomic E-state index is 0.281. The standard InChI is InChI=1S/C16H25Cl2N/c1-6-19-15(9-11(2)16(3,4)5)13-8-7-12(17)10-14(13)18/h7-8,10-11,15,19H,6,9H2,1-5H3. The molecule has 1 aromatic carbocycles. The van der Waals surface area contributed by atoms with Crippen molar-refractivity contribution in [2.45, 2.75) is 47.1 Å². The summed E-state index contributed by atoms with van der Waals surface area (Å²) in [7, 11) is 0. The summed E-state index contributed by atoms with van der Waals surface area (Å²) < 4.78 is 0. The lowest BCUT2D eigenvalue weighted by molar-refractivity contribution is 0.224. The molecule has 108 valence electrons. The quantitative estimate of drug-likeness (QED) is 0.734. The maximum Gasteiger partial charge on any atom is 0.0468 e. The Balaban J connectivity index is 2.94. The molecule has 0 spiro atoms. The fourth-order valence-corrected chi connectivity index (χ4v) is 2.60. The van der Waals surface area contributed by atoms with Crippen LogP contribution >= 0.6 is 23.2 Å². The number of nitrogens with one attached hydrogen (secondary N) is 1. The van der Waals surface area contributed by atoms with Gasteiger partial charge in [-0.3, -0.25) is 0 Å². The van der Waals surface area contributed by atoms with Crippen LogP contribution < -0.4 is 5.32 Å². The average Bonchev–Trinajstić information content (AvgIpc) is 2.27. The van der Waals surface area contributed by atoms with Crippen LogP contribution in [-0.4, -0.2) is 6.54 Å². The summed E-state index contributed by atoms with van der Waals surface area (Å²) in [6, 6.07) is 6.05. The molecule has 2 unspecified atom stereocenters. The van der Waals surface area contributed by atoms with Gasteiger partial charge in [-0.2, -0.15) is 0 Å². The van der Waals surface area contributed by atoms with Crippen molar-refractivity contribution in [2.24, 2.45) is 11.3 Å². The van der Waals surface area contributed by atoms with Crippen molar-refractivity contribution < 1.29 is 0 Å². The minimum absolute atomic E-state index is 0.281. The molecule has 0 aromatic heterocycles. The molecule has 1 N–H and O–H groups in total. The lowest BCUT2D eigenvalue weighted by atomic mass is 9.77. The molecule has 1 aromatic rings. The first-order valence-corrected chi connectivity index (χ1v) is 7.69. The van der Waals surface area contributed by atoms with Crippen molar-refractivity contribution >= 4 is 23.2 Å². The van der Waals surface area contributed by atoms with E-state index in [0.29, 0.717) is 16.4 Å². The number of rotatable bonds is 5. The molecule has 0 aliphatic heterocycles. The van der Waals surface area contributed by atoms with Gasteiger partial charge in [-0.25, -0.2) is 0 Å². The molecule has 0 saturated carbocycles. The molecule has 1 rings (SSSR count). The number of halogens is 2. The van der Waals surface area contributed by atoms with E-state index in [1.165, 1.54) is 0 Å². The Morgan fingerprint density at radius 3 is 2.32 bits per heavy atom. The summed E-state index contributed by atoms with van der Waals surface area (Å²) in [6.45, 7) is 12.2. The SMILES string of the molecule is CCNC(CC(C)C(C)(C)C)c1ccc(Cl)cc1Cl. The van der Waals surface area contributed by atoms with Crippen LogP contribution in [0.4, 0.5) is 0 Å². The van der Waals surface area contributed by atoms with Crippen molar-refractivity contribution in [2.75, 3.05) is 6.54 Å². The molecular formula is C16H25Cl2N. The highest BCUT2D eigenvalue weighted by Crippen LogP contribution is 2.35. The van der Waals surface area contributed by atoms with Crippen LogP contribution in [0.1, 0.15) is 52.6 Å². The van der Waals surface area contributed by atoms with Gasteiger partial charge in [0, 0.05) is 16.1 Å². The van der Waals surface area contributed by atoms with E-state index in [0.717, 1.165) is 23.6 Å². The van der Waals surface area contributed by atoms with Crippen LogP contribution in [0.3, 0.4) is 0 Å². The van der Waals surface area contributed by atoms with Gasteiger partial charge in [-0.1, -0.05) is 63.9 Å². The zero-order valence-electron chi connectivity index (χ0n) is 12.6. The van der Waals surface area contributed by atoms with E-state index in [2.05, 4.69) is 39.9 Å². The predicted molar refractivity (Wildman–Crippen MR) is 86.1 cm³/mol. The van der Waals surface area contributed by atoms with Gasteiger partial charge in [0.1, 0.15) is 0 Å². The third kappa shape index (κ3) is 4.98. The summed E-state index contributed by atoms with van der Waals surface area (Å²) in [5.41, 5.74) is 1.44. The van der Waals surface area contributed by atoms with Crippen LogP contribution in [0, 0.1) is 11.3 Å². The molecule has 0 aliphatic rings. The molecule has 0 fully saturated rings. The van der Waals surface area contributed by atoms with Gasteiger partial charge in [0.15, 0.2) is 0 Å². The van der Waals surface area contributed by atoms with E-state index in [9.17, 15) is 0 Å². The summed E-state index contributed by atoms with van der Waals surface area (Å²) in [5, 5.41) is 4.97. The Morgan fingerprint density at radius 1 is 1.21 bits per heavy atom. The normalized spacial score (nSPS) is 15.3. The first-order chi connectivity index (χ1) is 8.75. The highest BCUT2D eigenvalue weighted by molar-refractivity contribution is 6.35. The van der Waals surface area contributed by atoms with Crippen molar-refractivity contribution in [3.63, 3.8) is 0 Å². The Bertz CT molecular complexity index is 410. The van der Waals surface area contributed by atoms with Crippen LogP contribution in [0.2, 0.25) is 10.0 Å². The van der Waals surface area contributed by atoms with E-state index in [-0.39, 0.29) is 6.04 Å². The molecule has 0 aliphatic carbocycles. The molecule has 0 bridgehead atoms. The number of benzene rings is 1. The highest BCUT2D eigenvalue weighted by atomic mass is 35.5. The lowest BCUT2D eigenvalue weighted by Crippen LogP contribution is -2.27. The Morgan fingerprint density at radius 2 is 1.84 bits per heavy atom. The Kier molecular flexibility index (Phi) is 6.16. The van der Waals surface area contributed by atoms with Crippen molar-refractivity contribution in [1.29, 1.82) is 0 Å². The average molecular weight is 302 g/mol. The predicted octanol–water partition coefficient (Wildman–Crippen LogP) is 5.72. The monoisotopic (exact) mass is 301 g/mol. The topological polar surface area (TPSA) is 12.0 Å². The number of hydrogen-bond acceptors (Lipinski definition) is 1. The smallest absolute Gasteiger partial charge is 0.0468 e. The van der Waals surface area contributed by atoms with Gasteiger partial charge in [0.25, 0.3) is 0 Å². The van der Waals surface area contributed by atoms with Crippen LogP contribution in [0.15, 0.2) is 18.2 Å². The van der Waals surface area contributed by atoms with E-state index in [1.54, 1.807) is 0 Å². The van der Waals surface area contributed by atoms with E-state index < -0.39 is 0 Å². The molecule has 2 atom stereocenters. The molecule has 0 saturated heterocycles. The van der Waals surface area contributed by atoms with Gasteiger partial charge in [-0.15, -0.1) is 0 Å². The van der Waals surface area contributed by atoms with Gasteiger partial charge in [-0.05, 0) is 42.0 Å². The molecule has 3 heteroatoms. The van der Waals surface area contributed by atoms with Gasteiger partial charge < -0.3 is 5.32 Å². The molecular weight excluding hydrogens is 277 g/mol. The first-order valence-electron chi connectivity index (χ1n) is 6.94. The van der Waals surface area contributed by atoms with Crippen molar-refractivity contribution in [3.05, 3.63) is 33.8 Å². The third-order valence-corrected chi connectivity index (χ3v) is 4.42. The fraction of sp³-hybridized carbons (Fsp3) is 0.625. The summed E-state index contributed by atoms with van der Waals surface area (Å²) in [6.07, 6.45) is 1.07. The van der Waals surface area contributed by atoms with Gasteiger partial charge in [0.05, 0.1) is 0 Å². The number of hydrogen-bond donors (Lipinski definition) is 1. The summed E-state index contributed by atoms with van der Waals surface area (Å²) in [4.78, 5) is 0. The van der Waals surface area contributed by atoms with Crippen LogP contribution in [0.25, 0.3) is 0 Å². The maximum absolute atomic E-state index is 6.33. The van der Waals surface area contributed by atoms with Gasteiger partial charge in [0.2, 0.25) is 0 Å². The Hall–Kier alpha value is -0.240. The second-order valence-electron chi connectivity index (χ2n) is 6.28. The van der Waals surface area contributed by atoms with E-state index in [4.69, 9.17) is 23.2 Å². The van der Waals surface area contributed by atoms with Crippen molar-refractivity contribution in [1.82, 2.24) is 5.32 Å². The molecule has 0 radical (unpaired) electrons. The maximum atomic E-state index is 6.33. The van der Waals surface area contributed by atoms with Gasteiger partial charge >= 0.3 is 0 Å².